The van der Waals surface area contributed by atoms with E-state index in [0.717, 1.165) is 19.4 Å². The molecular weight excluding hydrogens is 314 g/mol. The molecule has 1 unspecified atom stereocenters. The van der Waals surface area contributed by atoms with Crippen LogP contribution in [0.15, 0.2) is 24.3 Å². The van der Waals surface area contributed by atoms with Crippen LogP contribution < -0.4 is 5.32 Å². The van der Waals surface area contributed by atoms with E-state index in [1.807, 2.05) is 0 Å². The lowest BCUT2D eigenvalue weighted by molar-refractivity contribution is -0.134. The molecule has 1 aromatic rings. The summed E-state index contributed by atoms with van der Waals surface area (Å²) in [7, 11) is 3.39. The van der Waals surface area contributed by atoms with Crippen LogP contribution in [0.3, 0.4) is 0 Å². The van der Waals surface area contributed by atoms with Crippen molar-refractivity contribution in [3.63, 3.8) is 0 Å². The molecule has 1 atom stereocenters. The molecule has 0 saturated heterocycles. The second-order valence-electron chi connectivity index (χ2n) is 7.55. The molecule has 0 aliphatic heterocycles. The van der Waals surface area contributed by atoms with Crippen LogP contribution >= 0.6 is 0 Å². The lowest BCUT2D eigenvalue weighted by Crippen LogP contribution is -2.47. The smallest absolute Gasteiger partial charge is 0.244 e. The van der Waals surface area contributed by atoms with Crippen molar-refractivity contribution in [3.8, 4) is 0 Å². The van der Waals surface area contributed by atoms with Gasteiger partial charge < -0.3 is 10.2 Å². The highest BCUT2D eigenvalue weighted by Gasteiger charge is 2.31. The van der Waals surface area contributed by atoms with Gasteiger partial charge in [-0.1, -0.05) is 38.1 Å². The van der Waals surface area contributed by atoms with Gasteiger partial charge in [0.05, 0.1) is 6.54 Å². The second-order valence-corrected chi connectivity index (χ2v) is 7.55. The van der Waals surface area contributed by atoms with Crippen molar-refractivity contribution in [2.24, 2.45) is 0 Å². The number of carbonyl (C=O) groups is 2. The number of hydrogen-bond donors (Lipinski definition) is 1. The molecule has 0 bridgehead atoms. The summed E-state index contributed by atoms with van der Waals surface area (Å²) in [6.07, 6.45) is 2.28. The predicted octanol–water partition coefficient (Wildman–Crippen LogP) is 2.37. The lowest BCUT2D eigenvalue weighted by atomic mass is 10.0. The van der Waals surface area contributed by atoms with E-state index in [9.17, 15) is 9.59 Å². The molecule has 1 fully saturated rings. The monoisotopic (exact) mass is 345 g/mol. The minimum atomic E-state index is -0.492. The summed E-state index contributed by atoms with van der Waals surface area (Å²) in [6, 6.07) is 8.64. The first-order valence-electron chi connectivity index (χ1n) is 9.11. The van der Waals surface area contributed by atoms with Crippen molar-refractivity contribution in [2.45, 2.75) is 58.2 Å². The Balaban J connectivity index is 1.92. The molecule has 5 nitrogen and oxygen atoms in total. The van der Waals surface area contributed by atoms with Gasteiger partial charge in [0.2, 0.25) is 11.8 Å². The standard InChI is InChI=1S/C20H31N3O2/c1-14(2)17-8-6-16(7-9-17)12-23(18-10-11-18)13-19(24)21-15(3)20(25)22(4)5/h6-9,14-15,18H,10-13H2,1-5H3,(H,21,24). The number of benzene rings is 1. The molecular formula is C20H31N3O2. The molecule has 0 radical (unpaired) electrons. The van der Waals surface area contributed by atoms with Gasteiger partial charge in [-0.15, -0.1) is 0 Å². The van der Waals surface area contributed by atoms with Crippen LogP contribution in [0.1, 0.15) is 50.7 Å². The Kier molecular flexibility index (Phi) is 6.59. The molecule has 25 heavy (non-hydrogen) atoms. The van der Waals surface area contributed by atoms with Crippen molar-refractivity contribution in [1.82, 2.24) is 15.1 Å². The number of nitrogens with one attached hydrogen (secondary N) is 1. The highest BCUT2D eigenvalue weighted by Crippen LogP contribution is 2.28. The van der Waals surface area contributed by atoms with Gasteiger partial charge in [-0.3, -0.25) is 14.5 Å². The second kappa shape index (κ2) is 8.48. The molecule has 1 aliphatic carbocycles. The molecule has 0 spiro atoms. The van der Waals surface area contributed by atoms with Crippen LogP contribution in [0.5, 0.6) is 0 Å². The summed E-state index contributed by atoms with van der Waals surface area (Å²) in [4.78, 5) is 27.9. The maximum atomic E-state index is 12.3. The number of likely N-dealkylation sites (N-methyl/N-ethyl adjacent to an activating group) is 1. The molecule has 1 N–H and O–H groups in total. The van der Waals surface area contributed by atoms with Gasteiger partial charge in [-0.2, -0.15) is 0 Å². The third-order valence-electron chi connectivity index (χ3n) is 4.63. The van der Waals surface area contributed by atoms with Crippen molar-refractivity contribution in [1.29, 1.82) is 0 Å². The van der Waals surface area contributed by atoms with E-state index in [4.69, 9.17) is 0 Å². The fourth-order valence-electron chi connectivity index (χ4n) is 2.92. The number of rotatable bonds is 8. The van der Waals surface area contributed by atoms with Gasteiger partial charge in [0.25, 0.3) is 0 Å². The third kappa shape index (κ3) is 5.85. The van der Waals surface area contributed by atoms with Crippen molar-refractivity contribution >= 4 is 11.8 Å². The molecule has 2 amide bonds. The van der Waals surface area contributed by atoms with Crippen molar-refractivity contribution in [2.75, 3.05) is 20.6 Å². The quantitative estimate of drug-likeness (QED) is 0.787. The SMILES string of the molecule is CC(NC(=O)CN(Cc1ccc(C(C)C)cc1)C1CC1)C(=O)N(C)C. The van der Waals surface area contributed by atoms with E-state index in [0.29, 0.717) is 18.5 Å². The van der Waals surface area contributed by atoms with E-state index < -0.39 is 6.04 Å². The molecule has 1 aromatic carbocycles. The van der Waals surface area contributed by atoms with Gasteiger partial charge in [0.15, 0.2) is 0 Å². The molecule has 5 heteroatoms. The summed E-state index contributed by atoms with van der Waals surface area (Å²) in [5.74, 6) is 0.346. The minimum Gasteiger partial charge on any atom is -0.347 e. The number of carbonyl (C=O) groups excluding carboxylic acids is 2. The Morgan fingerprint density at radius 1 is 1.12 bits per heavy atom. The molecule has 1 aliphatic rings. The van der Waals surface area contributed by atoms with Crippen LogP contribution in [-0.2, 0) is 16.1 Å². The molecule has 138 valence electrons. The first kappa shape index (κ1) is 19.4. The third-order valence-corrected chi connectivity index (χ3v) is 4.63. The van der Waals surface area contributed by atoms with E-state index >= 15 is 0 Å². The van der Waals surface area contributed by atoms with Gasteiger partial charge in [-0.05, 0) is 36.8 Å². The summed E-state index contributed by atoms with van der Waals surface area (Å²) >= 11 is 0. The molecule has 0 aromatic heterocycles. The van der Waals surface area contributed by atoms with E-state index in [2.05, 4.69) is 48.3 Å². The molecule has 0 heterocycles. The zero-order valence-corrected chi connectivity index (χ0v) is 16.1. The minimum absolute atomic E-state index is 0.0874. The average Bonchev–Trinajstić information content (AvgIpc) is 3.38. The first-order valence-corrected chi connectivity index (χ1v) is 9.11. The van der Waals surface area contributed by atoms with Crippen LogP contribution in [0.25, 0.3) is 0 Å². The maximum Gasteiger partial charge on any atom is 0.244 e. The average molecular weight is 345 g/mol. The van der Waals surface area contributed by atoms with Crippen molar-refractivity contribution < 1.29 is 9.59 Å². The largest absolute Gasteiger partial charge is 0.347 e. The van der Waals surface area contributed by atoms with Gasteiger partial charge in [-0.25, -0.2) is 0 Å². The Morgan fingerprint density at radius 2 is 1.72 bits per heavy atom. The van der Waals surface area contributed by atoms with Gasteiger partial charge in [0.1, 0.15) is 6.04 Å². The topological polar surface area (TPSA) is 52.7 Å². The fraction of sp³-hybridized carbons (Fsp3) is 0.600. The Hall–Kier alpha value is -1.88. The highest BCUT2D eigenvalue weighted by molar-refractivity contribution is 5.87. The van der Waals surface area contributed by atoms with Gasteiger partial charge >= 0.3 is 0 Å². The maximum absolute atomic E-state index is 12.3. The van der Waals surface area contributed by atoms with Crippen LogP contribution in [0.2, 0.25) is 0 Å². The summed E-state index contributed by atoms with van der Waals surface area (Å²) < 4.78 is 0. The highest BCUT2D eigenvalue weighted by atomic mass is 16.2. The van der Waals surface area contributed by atoms with E-state index in [1.165, 1.54) is 16.0 Å². The zero-order valence-electron chi connectivity index (χ0n) is 16.1. The van der Waals surface area contributed by atoms with E-state index in [-0.39, 0.29) is 11.8 Å². The Labute approximate surface area is 151 Å². The summed E-state index contributed by atoms with van der Waals surface area (Å²) in [5.41, 5.74) is 2.55. The number of hydrogen-bond acceptors (Lipinski definition) is 3. The lowest BCUT2D eigenvalue weighted by Gasteiger charge is -2.24. The van der Waals surface area contributed by atoms with Crippen LogP contribution in [-0.4, -0.2) is 54.3 Å². The van der Waals surface area contributed by atoms with Crippen LogP contribution in [0, 0.1) is 0 Å². The number of amides is 2. The Morgan fingerprint density at radius 3 is 2.20 bits per heavy atom. The molecule has 2 rings (SSSR count). The predicted molar refractivity (Wildman–Crippen MR) is 100 cm³/mol. The van der Waals surface area contributed by atoms with E-state index in [1.54, 1.807) is 21.0 Å². The molecule has 1 saturated carbocycles. The Bertz CT molecular complexity index is 591. The van der Waals surface area contributed by atoms with Crippen molar-refractivity contribution in [3.05, 3.63) is 35.4 Å². The summed E-state index contributed by atoms with van der Waals surface area (Å²) in [6.45, 7) is 7.21. The normalized spacial score (nSPS) is 15.3. The van der Waals surface area contributed by atoms with Gasteiger partial charge in [0, 0.05) is 26.7 Å². The summed E-state index contributed by atoms with van der Waals surface area (Å²) in [5, 5.41) is 2.81. The zero-order chi connectivity index (χ0) is 18.6. The first-order chi connectivity index (χ1) is 11.8. The number of nitrogens with zero attached hydrogens (tertiary/aromatic N) is 2. The fourth-order valence-corrected chi connectivity index (χ4v) is 2.92. The van der Waals surface area contributed by atoms with Crippen LogP contribution in [0.4, 0.5) is 0 Å².